The monoisotopic (exact) mass is 434 g/mol. The molecule has 5 nitrogen and oxygen atoms in total. The van der Waals surface area contributed by atoms with Crippen molar-refractivity contribution in [1.82, 2.24) is 19.8 Å². The van der Waals surface area contributed by atoms with Gasteiger partial charge in [-0.15, -0.1) is 0 Å². The lowest BCUT2D eigenvalue weighted by Crippen LogP contribution is -2.31. The molecule has 0 bridgehead atoms. The standard InChI is InChI=1S/C25H30N4OS/c1-17-9-7-10-20(15-17)29-18(2)16-21(19(29)3)24-23(22-11-5-6-12-26-22)27-25(31)28(24)13-8-14-30-4/h5-7,9-12,15-16,23-24H,8,13-14H2,1-4H3,(H,27,31)/t23-,24+/m0/s1. The van der Waals surface area contributed by atoms with Crippen molar-refractivity contribution in [3.8, 4) is 5.69 Å². The number of thiocarbonyl (C=S) groups is 1. The zero-order valence-corrected chi connectivity index (χ0v) is 19.4. The Kier molecular flexibility index (Phi) is 6.39. The normalized spacial score (nSPS) is 18.5. The highest BCUT2D eigenvalue weighted by Gasteiger charge is 2.41. The third-order valence-corrected chi connectivity index (χ3v) is 6.35. The van der Waals surface area contributed by atoms with Crippen LogP contribution in [-0.4, -0.2) is 39.8 Å². The first kappa shape index (κ1) is 21.5. The van der Waals surface area contributed by atoms with Crippen LogP contribution in [0, 0.1) is 20.8 Å². The molecule has 0 spiro atoms. The third kappa shape index (κ3) is 4.23. The number of ether oxygens (including phenoxy) is 1. The Balaban J connectivity index is 1.79. The van der Waals surface area contributed by atoms with Gasteiger partial charge in [-0.05, 0) is 80.9 Å². The first-order valence-electron chi connectivity index (χ1n) is 10.7. The summed E-state index contributed by atoms with van der Waals surface area (Å²) in [5, 5.41) is 4.32. The second-order valence-corrected chi connectivity index (χ2v) is 8.55. The number of nitrogens with one attached hydrogen (secondary N) is 1. The molecule has 0 radical (unpaired) electrons. The van der Waals surface area contributed by atoms with Crippen LogP contribution in [0.4, 0.5) is 0 Å². The number of aryl methyl sites for hydroxylation is 2. The maximum atomic E-state index is 5.78. The average molecular weight is 435 g/mol. The number of rotatable bonds is 7. The number of hydrogen-bond donors (Lipinski definition) is 1. The second-order valence-electron chi connectivity index (χ2n) is 8.17. The molecule has 1 aromatic carbocycles. The lowest BCUT2D eigenvalue weighted by atomic mass is 9.96. The van der Waals surface area contributed by atoms with Gasteiger partial charge in [0.25, 0.3) is 0 Å². The fourth-order valence-electron chi connectivity index (χ4n) is 4.62. The van der Waals surface area contributed by atoms with Crippen LogP contribution in [0.25, 0.3) is 5.69 Å². The second kappa shape index (κ2) is 9.20. The van der Waals surface area contributed by atoms with Crippen LogP contribution >= 0.6 is 12.2 Å². The zero-order chi connectivity index (χ0) is 22.0. The molecule has 1 N–H and O–H groups in total. The van der Waals surface area contributed by atoms with Crippen molar-refractivity contribution in [2.45, 2.75) is 39.3 Å². The van der Waals surface area contributed by atoms with Gasteiger partial charge in [-0.3, -0.25) is 4.98 Å². The first-order valence-corrected chi connectivity index (χ1v) is 11.1. The summed E-state index contributed by atoms with van der Waals surface area (Å²) in [6, 6.07) is 17.1. The Morgan fingerprint density at radius 3 is 2.65 bits per heavy atom. The molecule has 1 fully saturated rings. The van der Waals surface area contributed by atoms with Crippen LogP contribution in [-0.2, 0) is 4.74 Å². The summed E-state index contributed by atoms with van der Waals surface area (Å²) in [5.74, 6) is 0. The largest absolute Gasteiger partial charge is 0.385 e. The van der Waals surface area contributed by atoms with Gasteiger partial charge in [-0.2, -0.15) is 0 Å². The summed E-state index contributed by atoms with van der Waals surface area (Å²) in [6.07, 6.45) is 2.76. The highest BCUT2D eigenvalue weighted by molar-refractivity contribution is 7.80. The van der Waals surface area contributed by atoms with Crippen LogP contribution < -0.4 is 5.32 Å². The van der Waals surface area contributed by atoms with Crippen molar-refractivity contribution in [2.75, 3.05) is 20.3 Å². The molecule has 3 heterocycles. The number of pyridine rings is 1. The lowest BCUT2D eigenvalue weighted by Gasteiger charge is -2.28. The van der Waals surface area contributed by atoms with Gasteiger partial charge in [0.15, 0.2) is 5.11 Å². The summed E-state index contributed by atoms with van der Waals surface area (Å²) in [7, 11) is 1.74. The minimum atomic E-state index is 0.00250. The van der Waals surface area contributed by atoms with Crippen LogP contribution in [0.15, 0.2) is 54.7 Å². The van der Waals surface area contributed by atoms with Gasteiger partial charge >= 0.3 is 0 Å². The van der Waals surface area contributed by atoms with Gasteiger partial charge in [0.2, 0.25) is 0 Å². The number of aromatic nitrogens is 2. The molecule has 3 aromatic rings. The number of methoxy groups -OCH3 is 1. The molecule has 0 amide bonds. The molecule has 4 rings (SSSR count). The van der Waals surface area contributed by atoms with E-state index < -0.39 is 0 Å². The fourth-order valence-corrected chi connectivity index (χ4v) is 4.95. The van der Waals surface area contributed by atoms with Gasteiger partial charge in [0.05, 0.1) is 17.8 Å². The van der Waals surface area contributed by atoms with Crippen molar-refractivity contribution in [3.63, 3.8) is 0 Å². The van der Waals surface area contributed by atoms with E-state index in [0.29, 0.717) is 6.61 Å². The smallest absolute Gasteiger partial charge is 0.170 e. The maximum absolute atomic E-state index is 5.78. The summed E-state index contributed by atoms with van der Waals surface area (Å²) < 4.78 is 7.64. The summed E-state index contributed by atoms with van der Waals surface area (Å²) in [6.45, 7) is 8.05. The SMILES string of the molecule is COCCCN1C(=S)N[C@@H](c2ccccn2)[C@H]1c1cc(C)n(-c2cccc(C)c2)c1C. The summed E-state index contributed by atoms with van der Waals surface area (Å²) >= 11 is 5.78. The zero-order valence-electron chi connectivity index (χ0n) is 18.6. The molecular formula is C25H30N4OS. The van der Waals surface area contributed by atoms with Crippen molar-refractivity contribution in [3.05, 3.63) is 82.9 Å². The maximum Gasteiger partial charge on any atom is 0.170 e. The van der Waals surface area contributed by atoms with Crippen LogP contribution in [0.5, 0.6) is 0 Å². The molecule has 1 aliphatic heterocycles. The molecule has 0 unspecified atom stereocenters. The Morgan fingerprint density at radius 1 is 1.10 bits per heavy atom. The Bertz CT molecular complexity index is 1060. The highest BCUT2D eigenvalue weighted by Crippen LogP contribution is 2.41. The summed E-state index contributed by atoms with van der Waals surface area (Å²) in [4.78, 5) is 6.95. The molecule has 1 saturated heterocycles. The van der Waals surface area contributed by atoms with E-state index in [9.17, 15) is 0 Å². The summed E-state index contributed by atoms with van der Waals surface area (Å²) in [5.41, 5.74) is 7.17. The first-order chi connectivity index (χ1) is 15.0. The molecule has 2 atom stereocenters. The van der Waals surface area contributed by atoms with Crippen molar-refractivity contribution >= 4 is 17.3 Å². The molecule has 6 heteroatoms. The Labute approximate surface area is 190 Å². The van der Waals surface area contributed by atoms with Crippen molar-refractivity contribution < 1.29 is 4.74 Å². The van der Waals surface area contributed by atoms with Crippen LogP contribution in [0.3, 0.4) is 0 Å². The average Bonchev–Trinajstić information content (AvgIpc) is 3.24. The molecule has 0 aliphatic carbocycles. The van der Waals surface area contributed by atoms with E-state index in [4.69, 9.17) is 17.0 Å². The van der Waals surface area contributed by atoms with E-state index in [0.717, 1.165) is 23.8 Å². The van der Waals surface area contributed by atoms with E-state index in [-0.39, 0.29) is 12.1 Å². The minimum absolute atomic E-state index is 0.00250. The molecular weight excluding hydrogens is 404 g/mol. The van der Waals surface area contributed by atoms with Gasteiger partial charge in [0, 0.05) is 43.5 Å². The van der Waals surface area contributed by atoms with E-state index in [1.807, 2.05) is 18.3 Å². The van der Waals surface area contributed by atoms with Gasteiger partial charge in [0.1, 0.15) is 0 Å². The molecule has 0 saturated carbocycles. The van der Waals surface area contributed by atoms with Gasteiger partial charge in [-0.25, -0.2) is 0 Å². The third-order valence-electron chi connectivity index (χ3n) is 5.99. The molecule has 1 aliphatic rings. The molecule has 162 valence electrons. The van der Waals surface area contributed by atoms with Crippen molar-refractivity contribution in [2.24, 2.45) is 0 Å². The Hall–Kier alpha value is -2.70. The highest BCUT2D eigenvalue weighted by atomic mass is 32.1. The van der Waals surface area contributed by atoms with Gasteiger partial charge < -0.3 is 19.5 Å². The van der Waals surface area contributed by atoms with E-state index in [2.05, 4.69) is 76.9 Å². The molecule has 31 heavy (non-hydrogen) atoms. The number of nitrogens with zero attached hydrogens (tertiary/aromatic N) is 3. The predicted molar refractivity (Wildman–Crippen MR) is 129 cm³/mol. The Morgan fingerprint density at radius 2 is 1.94 bits per heavy atom. The fraction of sp³-hybridized carbons (Fsp3) is 0.360. The number of benzene rings is 1. The topological polar surface area (TPSA) is 42.3 Å². The van der Waals surface area contributed by atoms with Crippen LogP contribution in [0.1, 0.15) is 46.7 Å². The van der Waals surface area contributed by atoms with E-state index in [1.54, 1.807) is 7.11 Å². The molecule has 2 aromatic heterocycles. The van der Waals surface area contributed by atoms with E-state index in [1.165, 1.54) is 28.2 Å². The van der Waals surface area contributed by atoms with E-state index >= 15 is 0 Å². The quantitative estimate of drug-likeness (QED) is 0.427. The predicted octanol–water partition coefficient (Wildman–Crippen LogP) is 4.81. The van der Waals surface area contributed by atoms with Gasteiger partial charge in [-0.1, -0.05) is 18.2 Å². The van der Waals surface area contributed by atoms with Crippen molar-refractivity contribution in [1.29, 1.82) is 0 Å². The van der Waals surface area contributed by atoms with Crippen LogP contribution in [0.2, 0.25) is 0 Å². The number of hydrogen-bond acceptors (Lipinski definition) is 3. The lowest BCUT2D eigenvalue weighted by molar-refractivity contribution is 0.180. The minimum Gasteiger partial charge on any atom is -0.385 e.